The average Bonchev–Trinajstić information content (AvgIpc) is 3.29. The summed E-state index contributed by atoms with van der Waals surface area (Å²) in [5.74, 6) is 0. The van der Waals surface area contributed by atoms with Crippen LogP contribution in [0.5, 0.6) is 0 Å². The fraction of sp³-hybridized carbons (Fsp3) is 0. The summed E-state index contributed by atoms with van der Waals surface area (Å²) in [6.07, 6.45) is 1.75. The van der Waals surface area contributed by atoms with Crippen LogP contribution in [0, 0.1) is 5.41 Å². The summed E-state index contributed by atoms with van der Waals surface area (Å²) in [7, 11) is 0. The Bertz CT molecular complexity index is 822. The van der Waals surface area contributed by atoms with Crippen LogP contribution in [0.25, 0.3) is 0 Å². The van der Waals surface area contributed by atoms with Gasteiger partial charge in [-0.05, 0) is 46.8 Å². The highest BCUT2D eigenvalue weighted by Crippen LogP contribution is 2.20. The number of nitrogens with one attached hydrogen (secondary N) is 2. The Labute approximate surface area is 152 Å². The summed E-state index contributed by atoms with van der Waals surface area (Å²) in [4.78, 5) is 6.51. The van der Waals surface area contributed by atoms with Crippen molar-refractivity contribution in [3.8, 4) is 0 Å². The Hall–Kier alpha value is -2.22. The quantitative estimate of drug-likeness (QED) is 0.378. The van der Waals surface area contributed by atoms with E-state index in [9.17, 15) is 0 Å². The molecule has 0 amide bonds. The van der Waals surface area contributed by atoms with Crippen molar-refractivity contribution in [2.75, 3.05) is 0 Å². The standard InChI is InChI=1S/C17H14N4S3/c18-16(15-9-5-11-23-15)24-17(20-13-6-2-1-3-7-13)21-19-12-14-8-4-10-22-14/h1-12,18H,(H,20,21)/b18-16?,19-12+. The first kappa shape index (κ1) is 16.6. The zero-order valence-corrected chi connectivity index (χ0v) is 15.0. The number of hydrazone groups is 1. The van der Waals surface area contributed by atoms with Crippen LogP contribution in [0.1, 0.15) is 9.75 Å². The van der Waals surface area contributed by atoms with E-state index >= 15 is 0 Å². The van der Waals surface area contributed by atoms with Crippen LogP contribution in [0.3, 0.4) is 0 Å². The maximum atomic E-state index is 8.22. The number of rotatable bonds is 4. The number of thioether (sulfide) groups is 1. The molecule has 0 fully saturated rings. The second kappa shape index (κ2) is 8.58. The molecule has 2 aromatic heterocycles. The van der Waals surface area contributed by atoms with Crippen LogP contribution in [-0.4, -0.2) is 16.4 Å². The molecular formula is C17H14N4S3. The number of thiophene rings is 2. The highest BCUT2D eigenvalue weighted by atomic mass is 32.2. The molecule has 24 heavy (non-hydrogen) atoms. The van der Waals surface area contributed by atoms with Crippen molar-refractivity contribution in [3.05, 3.63) is 75.1 Å². The van der Waals surface area contributed by atoms with Gasteiger partial charge in [-0.3, -0.25) is 10.8 Å². The van der Waals surface area contributed by atoms with E-state index in [-0.39, 0.29) is 0 Å². The summed E-state index contributed by atoms with van der Waals surface area (Å²) in [5, 5.41) is 17.4. The highest BCUT2D eigenvalue weighted by molar-refractivity contribution is 8.27. The monoisotopic (exact) mass is 370 g/mol. The average molecular weight is 371 g/mol. The lowest BCUT2D eigenvalue weighted by Crippen LogP contribution is -2.16. The van der Waals surface area contributed by atoms with E-state index in [1.54, 1.807) is 17.6 Å². The molecule has 3 aromatic rings. The van der Waals surface area contributed by atoms with Crippen molar-refractivity contribution < 1.29 is 0 Å². The van der Waals surface area contributed by atoms with Crippen LogP contribution in [0.2, 0.25) is 0 Å². The summed E-state index contributed by atoms with van der Waals surface area (Å²) in [6.45, 7) is 0. The van der Waals surface area contributed by atoms with Crippen molar-refractivity contribution in [2.24, 2.45) is 10.1 Å². The van der Waals surface area contributed by atoms with E-state index in [2.05, 4.69) is 15.5 Å². The lowest BCUT2D eigenvalue weighted by atomic mass is 10.3. The van der Waals surface area contributed by atoms with Crippen molar-refractivity contribution in [2.45, 2.75) is 0 Å². The van der Waals surface area contributed by atoms with Gasteiger partial charge in [-0.15, -0.1) is 22.7 Å². The third-order valence-electron chi connectivity index (χ3n) is 2.83. The number of aliphatic imine (C=N–C) groups is 1. The molecule has 2 heterocycles. The van der Waals surface area contributed by atoms with Gasteiger partial charge in [0.1, 0.15) is 5.04 Å². The third-order valence-corrected chi connectivity index (χ3v) is 5.45. The van der Waals surface area contributed by atoms with E-state index in [1.165, 1.54) is 23.1 Å². The molecule has 0 atom stereocenters. The van der Waals surface area contributed by atoms with Crippen molar-refractivity contribution in [1.82, 2.24) is 5.43 Å². The fourth-order valence-corrected chi connectivity index (χ4v) is 3.79. The number of benzene rings is 1. The minimum atomic E-state index is 0.443. The maximum absolute atomic E-state index is 8.22. The molecule has 2 N–H and O–H groups in total. The second-order valence-corrected chi connectivity index (χ2v) is 7.47. The Morgan fingerprint density at radius 2 is 1.79 bits per heavy atom. The van der Waals surface area contributed by atoms with Crippen LogP contribution >= 0.6 is 34.4 Å². The molecule has 0 bridgehead atoms. The summed E-state index contributed by atoms with van der Waals surface area (Å²) < 4.78 is 0. The number of hydrogen-bond acceptors (Lipinski definition) is 6. The number of nitrogens with zero attached hydrogens (tertiary/aromatic N) is 2. The number of amidine groups is 1. The topological polar surface area (TPSA) is 60.6 Å². The van der Waals surface area contributed by atoms with Gasteiger partial charge >= 0.3 is 0 Å². The normalized spacial score (nSPS) is 11.8. The van der Waals surface area contributed by atoms with E-state index in [1.807, 2.05) is 65.4 Å². The molecule has 1 aromatic carbocycles. The van der Waals surface area contributed by atoms with Gasteiger partial charge in [0.05, 0.1) is 16.8 Å². The first-order valence-corrected chi connectivity index (χ1v) is 9.65. The molecule has 0 aliphatic carbocycles. The first-order chi connectivity index (χ1) is 11.8. The van der Waals surface area contributed by atoms with Crippen molar-refractivity contribution >= 4 is 56.5 Å². The van der Waals surface area contributed by atoms with Crippen LogP contribution in [0.4, 0.5) is 5.69 Å². The lowest BCUT2D eigenvalue weighted by Gasteiger charge is -2.05. The SMILES string of the molecule is N=C(SC(=Nc1ccccc1)N/N=C/c1cccs1)c1cccs1. The predicted octanol–water partition coefficient (Wildman–Crippen LogP) is 5.18. The van der Waals surface area contributed by atoms with Gasteiger partial charge in [-0.2, -0.15) is 5.10 Å². The molecule has 0 aliphatic rings. The predicted molar refractivity (Wildman–Crippen MR) is 107 cm³/mol. The molecule has 7 heteroatoms. The minimum Gasteiger partial charge on any atom is -0.292 e. The van der Waals surface area contributed by atoms with Crippen LogP contribution in [0.15, 0.2) is 75.5 Å². The fourth-order valence-electron chi connectivity index (χ4n) is 1.76. The van der Waals surface area contributed by atoms with Gasteiger partial charge in [0.2, 0.25) is 0 Å². The van der Waals surface area contributed by atoms with Crippen LogP contribution in [-0.2, 0) is 0 Å². The van der Waals surface area contributed by atoms with Crippen molar-refractivity contribution in [3.63, 3.8) is 0 Å². The summed E-state index contributed by atoms with van der Waals surface area (Å²) in [5.41, 5.74) is 3.77. The minimum absolute atomic E-state index is 0.443. The lowest BCUT2D eigenvalue weighted by molar-refractivity contribution is 1.05. The van der Waals surface area contributed by atoms with Gasteiger partial charge in [0.15, 0.2) is 5.17 Å². The molecule has 0 unspecified atom stereocenters. The molecule has 3 rings (SSSR count). The molecule has 4 nitrogen and oxygen atoms in total. The maximum Gasteiger partial charge on any atom is 0.188 e. The smallest absolute Gasteiger partial charge is 0.188 e. The molecular weight excluding hydrogens is 356 g/mol. The van der Waals surface area contributed by atoms with E-state index in [0.29, 0.717) is 10.2 Å². The van der Waals surface area contributed by atoms with Gasteiger partial charge in [0.25, 0.3) is 0 Å². The Balaban J connectivity index is 1.75. The van der Waals surface area contributed by atoms with E-state index in [0.717, 1.165) is 15.4 Å². The molecule has 0 aliphatic heterocycles. The van der Waals surface area contributed by atoms with E-state index < -0.39 is 0 Å². The third kappa shape index (κ3) is 4.89. The van der Waals surface area contributed by atoms with Gasteiger partial charge in [0, 0.05) is 4.88 Å². The first-order valence-electron chi connectivity index (χ1n) is 7.08. The number of hydrogen-bond donors (Lipinski definition) is 2. The Morgan fingerprint density at radius 1 is 1.00 bits per heavy atom. The van der Waals surface area contributed by atoms with E-state index in [4.69, 9.17) is 5.41 Å². The Morgan fingerprint density at radius 3 is 2.50 bits per heavy atom. The molecule has 0 radical (unpaired) electrons. The second-order valence-electron chi connectivity index (χ2n) is 4.55. The van der Waals surface area contributed by atoms with Crippen molar-refractivity contribution in [1.29, 1.82) is 5.41 Å². The zero-order chi connectivity index (χ0) is 16.6. The zero-order valence-electron chi connectivity index (χ0n) is 12.5. The molecule has 120 valence electrons. The van der Waals surface area contributed by atoms with Gasteiger partial charge < -0.3 is 0 Å². The van der Waals surface area contributed by atoms with Gasteiger partial charge in [-0.25, -0.2) is 4.99 Å². The van der Waals surface area contributed by atoms with Gasteiger partial charge in [-0.1, -0.05) is 30.3 Å². The summed E-state index contributed by atoms with van der Waals surface area (Å²) >= 11 is 4.41. The molecule has 0 saturated carbocycles. The van der Waals surface area contributed by atoms with Crippen LogP contribution < -0.4 is 5.43 Å². The highest BCUT2D eigenvalue weighted by Gasteiger charge is 2.08. The Kier molecular flexibility index (Phi) is 5.95. The number of para-hydroxylation sites is 1. The molecule has 0 saturated heterocycles. The molecule has 0 spiro atoms. The largest absolute Gasteiger partial charge is 0.292 e. The summed E-state index contributed by atoms with van der Waals surface area (Å²) in [6, 6.07) is 17.5.